The molecule has 2 N–H and O–H groups in total. The quantitative estimate of drug-likeness (QED) is 0.860. The molecule has 0 spiro atoms. The molecule has 7 heteroatoms. The molecule has 2 aliphatic rings. The van der Waals surface area contributed by atoms with E-state index in [0.717, 1.165) is 24.9 Å². The molecule has 0 aromatic heterocycles. The molecule has 6 nitrogen and oxygen atoms in total. The summed E-state index contributed by atoms with van der Waals surface area (Å²) in [4.78, 5) is 28.4. The van der Waals surface area contributed by atoms with Crippen molar-refractivity contribution in [1.82, 2.24) is 10.2 Å². The zero-order valence-electron chi connectivity index (χ0n) is 14.2. The predicted octanol–water partition coefficient (Wildman–Crippen LogP) is 2.39. The Labute approximate surface area is 152 Å². The van der Waals surface area contributed by atoms with Crippen molar-refractivity contribution in [3.8, 4) is 0 Å². The van der Waals surface area contributed by atoms with E-state index in [9.17, 15) is 14.7 Å². The van der Waals surface area contributed by atoms with Crippen LogP contribution >= 0.6 is 11.6 Å². The van der Waals surface area contributed by atoms with Gasteiger partial charge in [0.15, 0.2) is 0 Å². The Morgan fingerprint density at radius 3 is 2.76 bits per heavy atom. The molecule has 2 atom stereocenters. The lowest BCUT2D eigenvalue weighted by Crippen LogP contribution is -2.52. The number of nitrogens with zero attached hydrogens (tertiary/aromatic N) is 2. The van der Waals surface area contributed by atoms with Gasteiger partial charge >= 0.3 is 6.03 Å². The van der Waals surface area contributed by atoms with Crippen molar-refractivity contribution in [3.05, 3.63) is 29.3 Å². The van der Waals surface area contributed by atoms with E-state index in [1.807, 2.05) is 17.0 Å². The SMILES string of the molecule is O=C1C[C@@H](NC(=O)N2CCCC[C@@H]2CCO)CN1c1ccc(Cl)cc1. The predicted molar refractivity (Wildman–Crippen MR) is 96.8 cm³/mol. The number of likely N-dealkylation sites (tertiary alicyclic amines) is 1. The summed E-state index contributed by atoms with van der Waals surface area (Å²) < 4.78 is 0. The van der Waals surface area contributed by atoms with Crippen LogP contribution in [0.15, 0.2) is 24.3 Å². The van der Waals surface area contributed by atoms with E-state index in [-0.39, 0.29) is 30.6 Å². The minimum absolute atomic E-state index is 0.00169. The highest BCUT2D eigenvalue weighted by Gasteiger charge is 2.34. The van der Waals surface area contributed by atoms with Gasteiger partial charge in [-0.3, -0.25) is 4.79 Å². The summed E-state index contributed by atoms with van der Waals surface area (Å²) in [6.45, 7) is 1.25. The molecule has 3 rings (SSSR count). The van der Waals surface area contributed by atoms with E-state index in [1.165, 1.54) is 0 Å². The first-order chi connectivity index (χ1) is 12.1. The van der Waals surface area contributed by atoms with Gasteiger partial charge in [-0.25, -0.2) is 4.79 Å². The zero-order valence-corrected chi connectivity index (χ0v) is 14.9. The molecule has 0 unspecified atom stereocenters. The van der Waals surface area contributed by atoms with E-state index < -0.39 is 0 Å². The van der Waals surface area contributed by atoms with Crippen molar-refractivity contribution in [2.24, 2.45) is 0 Å². The summed E-state index contributed by atoms with van der Waals surface area (Å²) in [5.41, 5.74) is 0.794. The number of rotatable bonds is 4. The summed E-state index contributed by atoms with van der Waals surface area (Å²) in [5.74, 6) is -0.00169. The normalized spacial score (nSPS) is 23.8. The molecule has 0 radical (unpaired) electrons. The molecule has 2 fully saturated rings. The van der Waals surface area contributed by atoms with Gasteiger partial charge in [-0.15, -0.1) is 0 Å². The molecule has 3 amide bonds. The number of carbonyl (C=O) groups is 2. The number of piperidine rings is 1. The zero-order chi connectivity index (χ0) is 17.8. The molecular weight excluding hydrogens is 342 g/mol. The number of carbonyl (C=O) groups excluding carboxylic acids is 2. The summed E-state index contributed by atoms with van der Waals surface area (Å²) in [6.07, 6.45) is 3.89. The van der Waals surface area contributed by atoms with E-state index in [2.05, 4.69) is 5.32 Å². The number of halogens is 1. The van der Waals surface area contributed by atoms with Gasteiger partial charge in [-0.05, 0) is 49.9 Å². The van der Waals surface area contributed by atoms with E-state index in [0.29, 0.717) is 31.0 Å². The van der Waals surface area contributed by atoms with Crippen LogP contribution in [0.2, 0.25) is 5.02 Å². The van der Waals surface area contributed by atoms with E-state index in [1.54, 1.807) is 17.0 Å². The molecule has 2 heterocycles. The van der Waals surface area contributed by atoms with Crippen molar-refractivity contribution in [3.63, 3.8) is 0 Å². The van der Waals surface area contributed by atoms with Gasteiger partial charge in [0, 0.05) is 42.9 Å². The highest BCUT2D eigenvalue weighted by atomic mass is 35.5. The Hall–Kier alpha value is -1.79. The first kappa shape index (κ1) is 18.0. The number of benzene rings is 1. The van der Waals surface area contributed by atoms with Crippen molar-refractivity contribution < 1.29 is 14.7 Å². The lowest BCUT2D eigenvalue weighted by molar-refractivity contribution is -0.117. The molecule has 0 saturated carbocycles. The van der Waals surface area contributed by atoms with Crippen LogP contribution in [-0.4, -0.2) is 53.7 Å². The van der Waals surface area contributed by atoms with Gasteiger partial charge < -0.3 is 20.2 Å². The number of anilines is 1. The van der Waals surface area contributed by atoms with Gasteiger partial charge in [-0.1, -0.05) is 11.6 Å². The van der Waals surface area contributed by atoms with Gasteiger partial charge in [0.25, 0.3) is 0 Å². The lowest BCUT2D eigenvalue weighted by atomic mass is 10.00. The summed E-state index contributed by atoms with van der Waals surface area (Å²) in [5, 5.41) is 12.8. The van der Waals surface area contributed by atoms with Crippen molar-refractivity contribution in [2.45, 2.75) is 44.2 Å². The van der Waals surface area contributed by atoms with Crippen LogP contribution in [0.1, 0.15) is 32.1 Å². The molecule has 1 aromatic carbocycles. The highest BCUT2D eigenvalue weighted by Crippen LogP contribution is 2.24. The molecule has 2 aliphatic heterocycles. The van der Waals surface area contributed by atoms with Gasteiger partial charge in [0.05, 0.1) is 6.04 Å². The fraction of sp³-hybridized carbons (Fsp3) is 0.556. The second-order valence-electron chi connectivity index (χ2n) is 6.69. The monoisotopic (exact) mass is 365 g/mol. The maximum atomic E-state index is 12.6. The maximum Gasteiger partial charge on any atom is 0.317 e. The van der Waals surface area contributed by atoms with Crippen molar-refractivity contribution >= 4 is 29.2 Å². The van der Waals surface area contributed by atoms with Crippen LogP contribution in [0.4, 0.5) is 10.5 Å². The third-order valence-electron chi connectivity index (χ3n) is 4.94. The topological polar surface area (TPSA) is 72.9 Å². The van der Waals surface area contributed by atoms with Crippen LogP contribution < -0.4 is 10.2 Å². The Balaban J connectivity index is 1.60. The molecule has 0 aliphatic carbocycles. The summed E-state index contributed by atoms with van der Waals surface area (Å²) in [6, 6.07) is 6.88. The average molecular weight is 366 g/mol. The van der Waals surface area contributed by atoms with Gasteiger partial charge in [0.1, 0.15) is 0 Å². The second kappa shape index (κ2) is 8.06. The van der Waals surface area contributed by atoms with Crippen LogP contribution in [0.3, 0.4) is 0 Å². The second-order valence-corrected chi connectivity index (χ2v) is 7.12. The Morgan fingerprint density at radius 1 is 1.28 bits per heavy atom. The third kappa shape index (κ3) is 4.25. The number of hydrogen-bond acceptors (Lipinski definition) is 3. The third-order valence-corrected chi connectivity index (χ3v) is 5.19. The number of amides is 3. The fourth-order valence-corrected chi connectivity index (χ4v) is 3.78. The van der Waals surface area contributed by atoms with Crippen molar-refractivity contribution in [1.29, 1.82) is 0 Å². The number of nitrogens with one attached hydrogen (secondary N) is 1. The van der Waals surface area contributed by atoms with Crippen LogP contribution in [0.5, 0.6) is 0 Å². The first-order valence-corrected chi connectivity index (χ1v) is 9.20. The number of urea groups is 1. The van der Waals surface area contributed by atoms with Gasteiger partial charge in [-0.2, -0.15) is 0 Å². The number of hydrogen-bond donors (Lipinski definition) is 2. The minimum Gasteiger partial charge on any atom is -0.396 e. The Kier molecular flexibility index (Phi) is 5.81. The van der Waals surface area contributed by atoms with E-state index in [4.69, 9.17) is 11.6 Å². The standard InChI is InChI=1S/C18H24ClN3O3/c19-13-4-6-16(7-5-13)22-12-14(11-17(22)24)20-18(25)21-9-2-1-3-15(21)8-10-23/h4-7,14-15,23H,1-3,8-12H2,(H,20,25)/t14-,15-/m1/s1. The van der Waals surface area contributed by atoms with Crippen LogP contribution in [0.25, 0.3) is 0 Å². The lowest BCUT2D eigenvalue weighted by Gasteiger charge is -2.36. The Morgan fingerprint density at radius 2 is 2.04 bits per heavy atom. The molecular formula is C18H24ClN3O3. The van der Waals surface area contributed by atoms with Gasteiger partial charge in [0.2, 0.25) is 5.91 Å². The minimum atomic E-state index is -0.201. The number of aliphatic hydroxyl groups is 1. The fourth-order valence-electron chi connectivity index (χ4n) is 3.65. The molecule has 2 saturated heterocycles. The van der Waals surface area contributed by atoms with E-state index >= 15 is 0 Å². The Bertz CT molecular complexity index is 620. The summed E-state index contributed by atoms with van der Waals surface area (Å²) in [7, 11) is 0. The number of aliphatic hydroxyl groups excluding tert-OH is 1. The smallest absolute Gasteiger partial charge is 0.317 e. The van der Waals surface area contributed by atoms with Crippen molar-refractivity contribution in [2.75, 3.05) is 24.6 Å². The summed E-state index contributed by atoms with van der Waals surface area (Å²) >= 11 is 5.89. The highest BCUT2D eigenvalue weighted by molar-refractivity contribution is 6.30. The molecule has 136 valence electrons. The average Bonchev–Trinajstić information content (AvgIpc) is 2.96. The van der Waals surface area contributed by atoms with Crippen LogP contribution in [0, 0.1) is 0 Å². The first-order valence-electron chi connectivity index (χ1n) is 8.82. The molecule has 0 bridgehead atoms. The largest absolute Gasteiger partial charge is 0.396 e. The maximum absolute atomic E-state index is 12.6. The molecule has 25 heavy (non-hydrogen) atoms. The molecule has 1 aromatic rings. The van der Waals surface area contributed by atoms with Crippen LogP contribution in [-0.2, 0) is 4.79 Å².